The van der Waals surface area contributed by atoms with Gasteiger partial charge in [0.25, 0.3) is 5.91 Å². The van der Waals surface area contributed by atoms with Gasteiger partial charge in [-0.25, -0.2) is 21.6 Å². The van der Waals surface area contributed by atoms with Gasteiger partial charge in [0.05, 0.1) is 16.4 Å². The number of rotatable bonds is 4. The molecule has 9 heteroatoms. The third-order valence-corrected chi connectivity index (χ3v) is 7.41. The maximum Gasteiger partial charge on any atom is 0.254 e. The molecule has 1 aromatic carbocycles. The lowest BCUT2D eigenvalue weighted by Gasteiger charge is -2.27. The number of amides is 1. The molecular weight excluding hydrogens is 352 g/mol. The second-order valence-corrected chi connectivity index (χ2v) is 10.3. The number of hydrogen-bond acceptors (Lipinski definition) is 5. The zero-order valence-corrected chi connectivity index (χ0v) is 15.0. The van der Waals surface area contributed by atoms with Crippen LogP contribution < -0.4 is 4.72 Å². The van der Waals surface area contributed by atoms with Crippen LogP contribution in [-0.2, 0) is 19.9 Å². The standard InChI is InChI=1S/C15H20N2O5S2/c1-11-2-5-13(24(21,22)16-12-3-4-12)10-14(11)15(18)17-6-8-23(19,20)9-7-17/h2,5,10,12,16H,3-4,6-9H2,1H3. The molecule has 0 unspecified atom stereocenters. The van der Waals surface area contributed by atoms with Gasteiger partial charge in [-0.1, -0.05) is 6.07 Å². The summed E-state index contributed by atoms with van der Waals surface area (Å²) in [6, 6.07) is 4.46. The van der Waals surface area contributed by atoms with Gasteiger partial charge in [-0.2, -0.15) is 0 Å². The predicted octanol–water partition coefficient (Wildman–Crippen LogP) is 0.306. The van der Waals surface area contributed by atoms with Crippen LogP contribution in [0.4, 0.5) is 0 Å². The van der Waals surface area contributed by atoms with E-state index in [0.717, 1.165) is 12.8 Å². The fourth-order valence-electron chi connectivity index (χ4n) is 2.57. The topological polar surface area (TPSA) is 101 Å². The minimum Gasteiger partial charge on any atom is -0.337 e. The molecule has 1 heterocycles. The van der Waals surface area contributed by atoms with E-state index in [9.17, 15) is 21.6 Å². The number of carbonyl (C=O) groups excluding carboxylic acids is 1. The van der Waals surface area contributed by atoms with E-state index in [0.29, 0.717) is 11.1 Å². The first kappa shape index (κ1) is 17.4. The molecule has 1 aliphatic carbocycles. The van der Waals surface area contributed by atoms with Crippen molar-refractivity contribution in [3.8, 4) is 0 Å². The molecule has 7 nitrogen and oxygen atoms in total. The Bertz CT molecular complexity index is 859. The van der Waals surface area contributed by atoms with Crippen LogP contribution in [0.15, 0.2) is 23.1 Å². The zero-order valence-electron chi connectivity index (χ0n) is 13.4. The Morgan fingerprint density at radius 3 is 2.42 bits per heavy atom. The SMILES string of the molecule is Cc1ccc(S(=O)(=O)NC2CC2)cc1C(=O)N1CCS(=O)(=O)CC1. The Kier molecular flexibility index (Phi) is 4.43. The van der Waals surface area contributed by atoms with Crippen molar-refractivity contribution in [2.24, 2.45) is 0 Å². The number of nitrogens with zero attached hydrogens (tertiary/aromatic N) is 1. The molecule has 1 saturated carbocycles. The lowest BCUT2D eigenvalue weighted by molar-refractivity contribution is 0.0769. The highest BCUT2D eigenvalue weighted by Gasteiger charge is 2.30. The number of carbonyl (C=O) groups is 1. The minimum absolute atomic E-state index is 0.0113. The van der Waals surface area contributed by atoms with Crippen molar-refractivity contribution in [3.05, 3.63) is 29.3 Å². The van der Waals surface area contributed by atoms with Gasteiger partial charge in [0.2, 0.25) is 10.0 Å². The van der Waals surface area contributed by atoms with Crippen LogP contribution in [0.3, 0.4) is 0 Å². The summed E-state index contributed by atoms with van der Waals surface area (Å²) in [7, 11) is -6.71. The second-order valence-electron chi connectivity index (χ2n) is 6.32. The molecule has 1 saturated heterocycles. The smallest absolute Gasteiger partial charge is 0.254 e. The molecule has 0 radical (unpaired) electrons. The van der Waals surface area contributed by atoms with E-state index in [1.165, 1.54) is 17.0 Å². The van der Waals surface area contributed by atoms with Crippen LogP contribution in [0, 0.1) is 6.92 Å². The van der Waals surface area contributed by atoms with Gasteiger partial charge in [0.15, 0.2) is 9.84 Å². The Hall–Kier alpha value is -1.45. The van der Waals surface area contributed by atoms with E-state index in [4.69, 9.17) is 0 Å². The first-order valence-corrected chi connectivity index (χ1v) is 11.1. The van der Waals surface area contributed by atoms with E-state index in [2.05, 4.69) is 4.72 Å². The van der Waals surface area contributed by atoms with Gasteiger partial charge in [-0.15, -0.1) is 0 Å². The fourth-order valence-corrected chi connectivity index (χ4v) is 5.11. The van der Waals surface area contributed by atoms with Gasteiger partial charge in [-0.3, -0.25) is 4.79 Å². The van der Waals surface area contributed by atoms with E-state index in [1.807, 2.05) is 0 Å². The molecule has 0 bridgehead atoms. The Morgan fingerprint density at radius 2 is 1.83 bits per heavy atom. The molecule has 2 fully saturated rings. The average molecular weight is 372 g/mol. The van der Waals surface area contributed by atoms with Crippen molar-refractivity contribution in [1.29, 1.82) is 0 Å². The fraction of sp³-hybridized carbons (Fsp3) is 0.533. The highest BCUT2D eigenvalue weighted by Crippen LogP contribution is 2.24. The summed E-state index contributed by atoms with van der Waals surface area (Å²) in [5, 5.41) is 0. The average Bonchev–Trinajstić information content (AvgIpc) is 3.30. The van der Waals surface area contributed by atoms with Gasteiger partial charge in [-0.05, 0) is 37.5 Å². The molecule has 132 valence electrons. The Balaban J connectivity index is 1.85. The summed E-state index contributed by atoms with van der Waals surface area (Å²) in [5.41, 5.74) is 0.965. The maximum atomic E-state index is 12.7. The first-order valence-electron chi connectivity index (χ1n) is 7.81. The molecule has 2 aliphatic rings. The molecule has 1 N–H and O–H groups in total. The van der Waals surface area contributed by atoms with Gasteiger partial charge < -0.3 is 4.90 Å². The third kappa shape index (κ3) is 3.79. The van der Waals surface area contributed by atoms with Crippen LogP contribution in [0.5, 0.6) is 0 Å². The minimum atomic E-state index is -3.64. The zero-order chi connectivity index (χ0) is 17.5. The van der Waals surface area contributed by atoms with Crippen LogP contribution in [-0.4, -0.2) is 58.3 Å². The number of aryl methyl sites for hydroxylation is 1. The summed E-state index contributed by atoms with van der Waals surface area (Å²) in [5.74, 6) is -0.441. The van der Waals surface area contributed by atoms with Gasteiger partial charge in [0.1, 0.15) is 0 Å². The van der Waals surface area contributed by atoms with Crippen molar-refractivity contribution in [2.75, 3.05) is 24.6 Å². The normalized spacial score (nSPS) is 20.8. The van der Waals surface area contributed by atoms with Crippen LogP contribution in [0.2, 0.25) is 0 Å². The molecule has 0 atom stereocenters. The van der Waals surface area contributed by atoms with Crippen molar-refractivity contribution >= 4 is 25.8 Å². The van der Waals surface area contributed by atoms with Crippen molar-refractivity contribution in [3.63, 3.8) is 0 Å². The van der Waals surface area contributed by atoms with Crippen LogP contribution >= 0.6 is 0 Å². The summed E-state index contributed by atoms with van der Waals surface area (Å²) >= 11 is 0. The number of sulfonamides is 1. The second kappa shape index (κ2) is 6.12. The maximum absolute atomic E-state index is 12.7. The molecule has 1 amide bonds. The highest BCUT2D eigenvalue weighted by atomic mass is 32.2. The molecule has 24 heavy (non-hydrogen) atoms. The molecule has 1 aromatic rings. The van der Waals surface area contributed by atoms with E-state index >= 15 is 0 Å². The summed E-state index contributed by atoms with van der Waals surface area (Å²) in [6.45, 7) is 2.01. The lowest BCUT2D eigenvalue weighted by Crippen LogP contribution is -2.44. The molecular formula is C15H20N2O5S2. The van der Waals surface area contributed by atoms with E-state index in [-0.39, 0.29) is 41.4 Å². The number of sulfone groups is 1. The highest BCUT2D eigenvalue weighted by molar-refractivity contribution is 7.91. The lowest BCUT2D eigenvalue weighted by atomic mass is 10.1. The molecule has 3 rings (SSSR count). The van der Waals surface area contributed by atoms with Crippen LogP contribution in [0.1, 0.15) is 28.8 Å². The monoisotopic (exact) mass is 372 g/mol. The number of hydrogen-bond donors (Lipinski definition) is 1. The number of nitrogens with one attached hydrogen (secondary N) is 1. The predicted molar refractivity (Wildman–Crippen MR) is 89.1 cm³/mol. The van der Waals surface area contributed by atoms with E-state index < -0.39 is 19.9 Å². The Morgan fingerprint density at radius 1 is 1.21 bits per heavy atom. The van der Waals surface area contributed by atoms with Crippen molar-refractivity contribution < 1.29 is 21.6 Å². The summed E-state index contributed by atoms with van der Waals surface area (Å²) < 4.78 is 50.2. The Labute approximate surface area is 142 Å². The van der Waals surface area contributed by atoms with Crippen LogP contribution in [0.25, 0.3) is 0 Å². The molecule has 1 aliphatic heterocycles. The summed E-state index contributed by atoms with van der Waals surface area (Å²) in [4.78, 5) is 14.2. The number of benzene rings is 1. The molecule has 0 spiro atoms. The largest absolute Gasteiger partial charge is 0.337 e. The van der Waals surface area contributed by atoms with Crippen molar-refractivity contribution in [2.45, 2.75) is 30.7 Å². The quantitative estimate of drug-likeness (QED) is 0.820. The third-order valence-electron chi connectivity index (χ3n) is 4.28. The molecule has 0 aromatic heterocycles. The first-order chi connectivity index (χ1) is 11.2. The van der Waals surface area contributed by atoms with Crippen molar-refractivity contribution in [1.82, 2.24) is 9.62 Å². The summed E-state index contributed by atoms with van der Waals surface area (Å²) in [6.07, 6.45) is 1.66. The van der Waals surface area contributed by atoms with Gasteiger partial charge >= 0.3 is 0 Å². The van der Waals surface area contributed by atoms with E-state index in [1.54, 1.807) is 13.0 Å². The van der Waals surface area contributed by atoms with Gasteiger partial charge in [0, 0.05) is 24.7 Å².